The van der Waals surface area contributed by atoms with Gasteiger partial charge in [0.15, 0.2) is 6.61 Å². The first-order valence-electron chi connectivity index (χ1n) is 9.00. The summed E-state index contributed by atoms with van der Waals surface area (Å²) >= 11 is 3.43. The highest BCUT2D eigenvalue weighted by Gasteiger charge is 2.15. The van der Waals surface area contributed by atoms with Gasteiger partial charge in [-0.1, -0.05) is 39.0 Å². The largest absolute Gasteiger partial charge is 0.483 e. The summed E-state index contributed by atoms with van der Waals surface area (Å²) in [5.41, 5.74) is 5.97. The minimum atomic E-state index is -0.592. The highest BCUT2D eigenvalue weighted by atomic mass is 79.9. The van der Waals surface area contributed by atoms with E-state index in [4.69, 9.17) is 4.74 Å². The zero-order valence-electron chi connectivity index (χ0n) is 16.8. The Morgan fingerprint density at radius 3 is 2.53 bits per heavy atom. The summed E-state index contributed by atoms with van der Waals surface area (Å²) in [4.78, 5) is 33.9. The van der Waals surface area contributed by atoms with Gasteiger partial charge in [0.2, 0.25) is 0 Å². The molecule has 2 aromatic carbocycles. The van der Waals surface area contributed by atoms with E-state index in [1.807, 2.05) is 12.1 Å². The number of nitro groups is 1. The number of carbonyl (C=O) groups excluding carboxylic acids is 2. The van der Waals surface area contributed by atoms with Crippen LogP contribution in [0.5, 0.6) is 5.75 Å². The molecule has 0 saturated heterocycles. The summed E-state index contributed by atoms with van der Waals surface area (Å²) in [5.74, 6) is -0.625. The molecule has 9 heteroatoms. The first-order valence-corrected chi connectivity index (χ1v) is 9.80. The van der Waals surface area contributed by atoms with E-state index in [2.05, 4.69) is 47.6 Å². The summed E-state index contributed by atoms with van der Waals surface area (Å²) in [6, 6.07) is 11.5. The Hall–Kier alpha value is -3.20. The lowest BCUT2D eigenvalue weighted by atomic mass is 9.87. The van der Waals surface area contributed by atoms with Crippen LogP contribution in [0.15, 0.2) is 53.0 Å². The maximum atomic E-state index is 11.9. The van der Waals surface area contributed by atoms with Gasteiger partial charge in [-0.3, -0.25) is 30.6 Å². The van der Waals surface area contributed by atoms with E-state index in [0.717, 1.165) is 16.1 Å². The van der Waals surface area contributed by atoms with Crippen LogP contribution in [0, 0.1) is 10.1 Å². The summed E-state index contributed by atoms with van der Waals surface area (Å²) in [7, 11) is 0. The number of benzene rings is 2. The summed E-state index contributed by atoms with van der Waals surface area (Å²) in [6.45, 7) is 6.00. The molecule has 0 aromatic heterocycles. The zero-order valence-corrected chi connectivity index (χ0v) is 18.4. The van der Waals surface area contributed by atoms with Crippen molar-refractivity contribution >= 4 is 39.5 Å². The Balaban J connectivity index is 1.82. The standard InChI is InChI=1S/C21H22BrN3O5/c1-21(2,3)15-8-9-18(17(22)12-15)30-13-20(27)24-23-19(26)10-7-14-5-4-6-16(11-14)25(28)29/h4-12H,13H2,1-3H3,(H,23,26)(H,24,27)/b10-7+. The summed E-state index contributed by atoms with van der Waals surface area (Å²) in [6.07, 6.45) is 2.56. The number of nitro benzene ring substituents is 1. The van der Waals surface area contributed by atoms with E-state index in [0.29, 0.717) is 11.3 Å². The minimum Gasteiger partial charge on any atom is -0.483 e. The van der Waals surface area contributed by atoms with E-state index in [-0.39, 0.29) is 17.7 Å². The summed E-state index contributed by atoms with van der Waals surface area (Å²) in [5, 5.41) is 10.8. The number of nitrogens with zero attached hydrogens (tertiary/aromatic N) is 1. The number of hydrazine groups is 1. The molecule has 2 amide bonds. The van der Waals surface area contributed by atoms with E-state index in [1.165, 1.54) is 24.3 Å². The van der Waals surface area contributed by atoms with E-state index >= 15 is 0 Å². The number of halogens is 1. The van der Waals surface area contributed by atoms with Crippen LogP contribution in [-0.4, -0.2) is 23.3 Å². The molecule has 2 aromatic rings. The monoisotopic (exact) mass is 475 g/mol. The van der Waals surface area contributed by atoms with Crippen molar-refractivity contribution < 1.29 is 19.2 Å². The van der Waals surface area contributed by atoms with Gasteiger partial charge in [0.1, 0.15) is 5.75 Å². The van der Waals surface area contributed by atoms with Crippen LogP contribution >= 0.6 is 15.9 Å². The number of hydrogen-bond acceptors (Lipinski definition) is 5. The highest BCUT2D eigenvalue weighted by molar-refractivity contribution is 9.10. The van der Waals surface area contributed by atoms with Crippen molar-refractivity contribution in [3.8, 4) is 5.75 Å². The number of hydrogen-bond donors (Lipinski definition) is 2. The molecule has 0 bridgehead atoms. The van der Waals surface area contributed by atoms with Gasteiger partial charge in [-0.25, -0.2) is 0 Å². The Kier molecular flexibility index (Phi) is 7.71. The van der Waals surface area contributed by atoms with Crippen LogP contribution in [0.25, 0.3) is 6.08 Å². The lowest BCUT2D eigenvalue weighted by Gasteiger charge is -2.20. The lowest BCUT2D eigenvalue weighted by Crippen LogP contribution is -2.43. The van der Waals surface area contributed by atoms with E-state index in [1.54, 1.807) is 12.1 Å². The van der Waals surface area contributed by atoms with Crippen molar-refractivity contribution in [2.75, 3.05) is 6.61 Å². The molecule has 0 fully saturated rings. The molecule has 158 valence electrons. The average Bonchev–Trinajstić information content (AvgIpc) is 2.69. The van der Waals surface area contributed by atoms with Crippen molar-refractivity contribution in [1.29, 1.82) is 0 Å². The van der Waals surface area contributed by atoms with Gasteiger partial charge in [0, 0.05) is 18.2 Å². The third-order valence-corrected chi connectivity index (χ3v) is 4.61. The molecule has 30 heavy (non-hydrogen) atoms. The van der Waals surface area contributed by atoms with Crippen LogP contribution in [0.1, 0.15) is 31.9 Å². The predicted octanol–water partition coefficient (Wildman–Crippen LogP) is 3.89. The van der Waals surface area contributed by atoms with Gasteiger partial charge in [-0.05, 0) is 50.7 Å². The topological polar surface area (TPSA) is 111 Å². The van der Waals surface area contributed by atoms with Gasteiger partial charge in [-0.2, -0.15) is 0 Å². The van der Waals surface area contributed by atoms with Gasteiger partial charge in [0.25, 0.3) is 17.5 Å². The van der Waals surface area contributed by atoms with Gasteiger partial charge in [-0.15, -0.1) is 0 Å². The number of rotatable bonds is 6. The van der Waals surface area contributed by atoms with Crippen LogP contribution in [0.4, 0.5) is 5.69 Å². The lowest BCUT2D eigenvalue weighted by molar-refractivity contribution is -0.384. The maximum absolute atomic E-state index is 11.9. The number of non-ortho nitro benzene ring substituents is 1. The number of nitrogens with one attached hydrogen (secondary N) is 2. The van der Waals surface area contributed by atoms with Crippen molar-refractivity contribution in [3.05, 3.63) is 74.3 Å². The fourth-order valence-corrected chi connectivity index (χ4v) is 2.84. The van der Waals surface area contributed by atoms with Crippen molar-refractivity contribution in [2.45, 2.75) is 26.2 Å². The second-order valence-electron chi connectivity index (χ2n) is 7.41. The smallest absolute Gasteiger partial charge is 0.276 e. The molecule has 0 heterocycles. The molecule has 0 unspecified atom stereocenters. The van der Waals surface area contributed by atoms with Crippen molar-refractivity contribution in [2.24, 2.45) is 0 Å². The van der Waals surface area contributed by atoms with Crippen LogP contribution in [-0.2, 0) is 15.0 Å². The van der Waals surface area contributed by atoms with Gasteiger partial charge in [0.05, 0.1) is 9.40 Å². The fraction of sp³-hybridized carbons (Fsp3) is 0.238. The van der Waals surface area contributed by atoms with Gasteiger partial charge >= 0.3 is 0 Å². The molecular weight excluding hydrogens is 454 g/mol. The molecule has 0 aliphatic heterocycles. The SMILES string of the molecule is CC(C)(C)c1ccc(OCC(=O)NNC(=O)/C=C/c2cccc([N+](=O)[O-])c2)c(Br)c1. The molecular formula is C21H22BrN3O5. The highest BCUT2D eigenvalue weighted by Crippen LogP contribution is 2.31. The average molecular weight is 476 g/mol. The van der Waals surface area contributed by atoms with Crippen molar-refractivity contribution in [1.82, 2.24) is 10.9 Å². The molecule has 8 nitrogen and oxygen atoms in total. The Bertz CT molecular complexity index is 983. The molecule has 0 aliphatic rings. The van der Waals surface area contributed by atoms with E-state index in [9.17, 15) is 19.7 Å². The molecule has 0 spiro atoms. The third kappa shape index (κ3) is 7.00. The van der Waals surface area contributed by atoms with Crippen LogP contribution < -0.4 is 15.6 Å². The number of carbonyl (C=O) groups is 2. The molecule has 0 saturated carbocycles. The first kappa shape index (κ1) is 23.1. The third-order valence-electron chi connectivity index (χ3n) is 3.99. The van der Waals surface area contributed by atoms with Crippen molar-refractivity contribution in [3.63, 3.8) is 0 Å². The molecule has 0 radical (unpaired) electrons. The molecule has 0 atom stereocenters. The normalized spacial score (nSPS) is 11.2. The predicted molar refractivity (Wildman–Crippen MR) is 117 cm³/mol. The first-order chi connectivity index (χ1) is 14.1. The number of ether oxygens (including phenoxy) is 1. The maximum Gasteiger partial charge on any atom is 0.276 e. The molecule has 0 aliphatic carbocycles. The van der Waals surface area contributed by atoms with E-state index < -0.39 is 16.7 Å². The summed E-state index contributed by atoms with van der Waals surface area (Å²) < 4.78 is 6.20. The second-order valence-corrected chi connectivity index (χ2v) is 8.26. The zero-order chi connectivity index (χ0) is 22.3. The molecule has 2 N–H and O–H groups in total. The second kappa shape index (κ2) is 10.0. The Morgan fingerprint density at radius 2 is 1.90 bits per heavy atom. The van der Waals surface area contributed by atoms with Gasteiger partial charge < -0.3 is 4.74 Å². The Morgan fingerprint density at radius 1 is 1.17 bits per heavy atom. The molecule has 2 rings (SSSR count). The fourth-order valence-electron chi connectivity index (χ4n) is 2.35. The quantitative estimate of drug-likeness (QED) is 0.373. The van der Waals surface area contributed by atoms with Crippen LogP contribution in [0.3, 0.4) is 0 Å². The number of amides is 2. The van der Waals surface area contributed by atoms with Crippen LogP contribution in [0.2, 0.25) is 0 Å². The minimum absolute atomic E-state index is 0.0130. The Labute approximate surface area is 182 Å².